The van der Waals surface area contributed by atoms with Gasteiger partial charge in [0.2, 0.25) is 11.6 Å². The van der Waals surface area contributed by atoms with Crippen molar-refractivity contribution in [3.05, 3.63) is 53.6 Å². The lowest BCUT2D eigenvalue weighted by molar-refractivity contribution is 0.0564. The number of hydrogen-bond donors (Lipinski definition) is 1. The van der Waals surface area contributed by atoms with E-state index in [0.717, 1.165) is 57.4 Å². The molecule has 0 spiro atoms. The van der Waals surface area contributed by atoms with Gasteiger partial charge in [-0.1, -0.05) is 5.16 Å². The number of likely N-dealkylation sites (tertiary alicyclic amines) is 2. The molecule has 0 saturated carbocycles. The Hall–Kier alpha value is -3.66. The Labute approximate surface area is 209 Å². The topological polar surface area (TPSA) is 114 Å². The number of piperidine rings is 2. The van der Waals surface area contributed by atoms with Gasteiger partial charge < -0.3 is 28.8 Å². The second-order valence-corrected chi connectivity index (χ2v) is 9.41. The van der Waals surface area contributed by atoms with Gasteiger partial charge >= 0.3 is 0 Å². The lowest BCUT2D eigenvalue weighted by atomic mass is 9.97. The molecular weight excluding hydrogens is 462 g/mol. The minimum atomic E-state index is -0.256. The molecule has 10 heteroatoms. The molecule has 2 fully saturated rings. The summed E-state index contributed by atoms with van der Waals surface area (Å²) in [6.07, 6.45) is 6.79. The molecule has 0 aromatic carbocycles. The number of carbonyl (C=O) groups is 2. The summed E-state index contributed by atoms with van der Waals surface area (Å²) < 4.78 is 15.7. The number of aryl methyl sites for hydroxylation is 1. The van der Waals surface area contributed by atoms with Crippen molar-refractivity contribution in [2.75, 3.05) is 33.3 Å². The predicted molar refractivity (Wildman–Crippen MR) is 131 cm³/mol. The Balaban J connectivity index is 1.07. The molecule has 2 aliphatic rings. The molecule has 2 aliphatic heterocycles. The lowest BCUT2D eigenvalue weighted by Crippen LogP contribution is -2.51. The molecule has 0 bridgehead atoms. The standard InChI is InChI=1S/C26H31N5O5/c1-17-14-18(16-27-25(17)34-2)26(33)31-11-7-20(8-12-31)30-9-5-19(6-10-30)28-24(32)23-15-21(29-36-23)22-4-3-13-35-22/h3-4,13-16,19-20H,5-12H2,1-2H3,(H,28,32). The molecule has 0 aliphatic carbocycles. The van der Waals surface area contributed by atoms with E-state index in [1.807, 2.05) is 17.9 Å². The van der Waals surface area contributed by atoms with E-state index < -0.39 is 0 Å². The van der Waals surface area contributed by atoms with Crippen molar-refractivity contribution in [2.45, 2.75) is 44.7 Å². The third kappa shape index (κ3) is 5.13. The van der Waals surface area contributed by atoms with Crippen molar-refractivity contribution < 1.29 is 23.3 Å². The normalized spacial score (nSPS) is 17.8. The fraction of sp³-hybridized carbons (Fsp3) is 0.462. The zero-order valence-electron chi connectivity index (χ0n) is 20.6. The Morgan fingerprint density at radius 2 is 1.89 bits per heavy atom. The van der Waals surface area contributed by atoms with Crippen LogP contribution in [0.25, 0.3) is 11.5 Å². The molecule has 190 valence electrons. The van der Waals surface area contributed by atoms with E-state index in [2.05, 4.69) is 20.4 Å². The van der Waals surface area contributed by atoms with Crippen LogP contribution in [0.5, 0.6) is 5.88 Å². The molecule has 3 aromatic rings. The van der Waals surface area contributed by atoms with Gasteiger partial charge in [0.15, 0.2) is 5.76 Å². The summed E-state index contributed by atoms with van der Waals surface area (Å²) in [7, 11) is 1.58. The smallest absolute Gasteiger partial charge is 0.290 e. The second kappa shape index (κ2) is 10.5. The maximum absolute atomic E-state index is 12.9. The first-order valence-electron chi connectivity index (χ1n) is 12.4. The third-order valence-electron chi connectivity index (χ3n) is 7.11. The molecule has 36 heavy (non-hydrogen) atoms. The van der Waals surface area contributed by atoms with Gasteiger partial charge in [0, 0.05) is 56.1 Å². The van der Waals surface area contributed by atoms with Gasteiger partial charge in [0.25, 0.3) is 11.8 Å². The summed E-state index contributed by atoms with van der Waals surface area (Å²) in [5, 5.41) is 6.99. The van der Waals surface area contributed by atoms with Gasteiger partial charge in [-0.15, -0.1) is 0 Å². The number of ether oxygens (including phenoxy) is 1. The maximum Gasteiger partial charge on any atom is 0.290 e. The quantitative estimate of drug-likeness (QED) is 0.557. The monoisotopic (exact) mass is 493 g/mol. The highest BCUT2D eigenvalue weighted by Crippen LogP contribution is 2.24. The van der Waals surface area contributed by atoms with Crippen LogP contribution in [-0.2, 0) is 0 Å². The average molecular weight is 494 g/mol. The summed E-state index contributed by atoms with van der Waals surface area (Å²) in [6.45, 7) is 5.19. The fourth-order valence-electron chi connectivity index (χ4n) is 5.10. The summed E-state index contributed by atoms with van der Waals surface area (Å²) in [5.41, 5.74) is 1.96. The van der Waals surface area contributed by atoms with Crippen LogP contribution in [0.15, 0.2) is 45.7 Å². The van der Waals surface area contributed by atoms with E-state index in [1.165, 1.54) is 0 Å². The van der Waals surface area contributed by atoms with E-state index >= 15 is 0 Å². The summed E-state index contributed by atoms with van der Waals surface area (Å²) in [6, 6.07) is 7.52. The Morgan fingerprint density at radius 1 is 1.11 bits per heavy atom. The number of pyridine rings is 1. The van der Waals surface area contributed by atoms with Crippen molar-refractivity contribution in [3.8, 4) is 17.3 Å². The van der Waals surface area contributed by atoms with E-state index in [1.54, 1.807) is 37.8 Å². The van der Waals surface area contributed by atoms with E-state index in [-0.39, 0.29) is 23.6 Å². The minimum Gasteiger partial charge on any atom is -0.481 e. The number of rotatable bonds is 6. The number of nitrogens with zero attached hydrogens (tertiary/aromatic N) is 4. The number of aromatic nitrogens is 2. The highest BCUT2D eigenvalue weighted by molar-refractivity contribution is 5.94. The van der Waals surface area contributed by atoms with Crippen molar-refractivity contribution in [2.24, 2.45) is 0 Å². The van der Waals surface area contributed by atoms with Crippen LogP contribution in [-0.4, -0.2) is 77.1 Å². The summed E-state index contributed by atoms with van der Waals surface area (Å²) in [4.78, 5) is 34.2. The van der Waals surface area contributed by atoms with Crippen LogP contribution < -0.4 is 10.1 Å². The van der Waals surface area contributed by atoms with Gasteiger partial charge in [-0.05, 0) is 50.8 Å². The molecule has 5 heterocycles. The zero-order chi connectivity index (χ0) is 25.1. The third-order valence-corrected chi connectivity index (χ3v) is 7.11. The maximum atomic E-state index is 12.9. The van der Waals surface area contributed by atoms with Crippen LogP contribution in [0, 0.1) is 6.92 Å². The van der Waals surface area contributed by atoms with Crippen LogP contribution in [0.4, 0.5) is 0 Å². The highest BCUT2D eigenvalue weighted by atomic mass is 16.5. The van der Waals surface area contributed by atoms with Crippen LogP contribution in [0.2, 0.25) is 0 Å². The van der Waals surface area contributed by atoms with Crippen LogP contribution in [0.3, 0.4) is 0 Å². The summed E-state index contributed by atoms with van der Waals surface area (Å²) in [5.74, 6) is 1.06. The first-order valence-corrected chi connectivity index (χ1v) is 12.4. The van der Waals surface area contributed by atoms with E-state index in [0.29, 0.717) is 28.9 Å². The predicted octanol–water partition coefficient (Wildman–Crippen LogP) is 3.15. The van der Waals surface area contributed by atoms with E-state index in [4.69, 9.17) is 13.7 Å². The molecule has 10 nitrogen and oxygen atoms in total. The van der Waals surface area contributed by atoms with Crippen molar-refractivity contribution in [3.63, 3.8) is 0 Å². The Kier molecular flexibility index (Phi) is 7.04. The largest absolute Gasteiger partial charge is 0.481 e. The number of carbonyl (C=O) groups excluding carboxylic acids is 2. The molecule has 5 rings (SSSR count). The second-order valence-electron chi connectivity index (χ2n) is 9.41. The van der Waals surface area contributed by atoms with Crippen molar-refractivity contribution >= 4 is 11.8 Å². The fourth-order valence-corrected chi connectivity index (χ4v) is 5.10. The first-order chi connectivity index (χ1) is 17.5. The molecule has 1 N–H and O–H groups in total. The Morgan fingerprint density at radius 3 is 2.56 bits per heavy atom. The molecule has 3 aromatic heterocycles. The molecule has 2 saturated heterocycles. The highest BCUT2D eigenvalue weighted by Gasteiger charge is 2.31. The van der Waals surface area contributed by atoms with Crippen LogP contribution in [0.1, 0.15) is 52.2 Å². The average Bonchev–Trinajstić information content (AvgIpc) is 3.61. The number of furan rings is 1. The first kappa shape index (κ1) is 24.1. The van der Waals surface area contributed by atoms with Gasteiger partial charge in [0.1, 0.15) is 5.69 Å². The number of methoxy groups -OCH3 is 1. The lowest BCUT2D eigenvalue weighted by Gasteiger charge is -2.41. The van der Waals surface area contributed by atoms with Crippen LogP contribution >= 0.6 is 0 Å². The zero-order valence-corrected chi connectivity index (χ0v) is 20.6. The molecule has 2 amide bonds. The minimum absolute atomic E-state index is 0.0238. The van der Waals surface area contributed by atoms with Gasteiger partial charge in [-0.25, -0.2) is 4.98 Å². The number of hydrogen-bond acceptors (Lipinski definition) is 8. The molecular formula is C26H31N5O5. The number of amides is 2. The number of nitrogens with one attached hydrogen (secondary N) is 1. The van der Waals surface area contributed by atoms with Crippen molar-refractivity contribution in [1.82, 2.24) is 25.3 Å². The van der Waals surface area contributed by atoms with Gasteiger partial charge in [0.05, 0.1) is 18.9 Å². The molecule has 0 radical (unpaired) electrons. The van der Waals surface area contributed by atoms with Gasteiger partial charge in [-0.2, -0.15) is 0 Å². The van der Waals surface area contributed by atoms with Gasteiger partial charge in [-0.3, -0.25) is 9.59 Å². The van der Waals surface area contributed by atoms with Crippen molar-refractivity contribution in [1.29, 1.82) is 0 Å². The summed E-state index contributed by atoms with van der Waals surface area (Å²) >= 11 is 0. The molecule has 0 unspecified atom stereocenters. The molecule has 0 atom stereocenters. The Bertz CT molecular complexity index is 1190. The SMILES string of the molecule is COc1ncc(C(=O)N2CCC(N3CCC(NC(=O)c4cc(-c5ccco5)no4)CC3)CC2)cc1C. The van der Waals surface area contributed by atoms with E-state index in [9.17, 15) is 9.59 Å².